The summed E-state index contributed by atoms with van der Waals surface area (Å²) >= 11 is 0. The van der Waals surface area contributed by atoms with Gasteiger partial charge >= 0.3 is 0 Å². The van der Waals surface area contributed by atoms with Gasteiger partial charge in [0.05, 0.1) is 17.3 Å². The fourth-order valence-corrected chi connectivity index (χ4v) is 5.71. The average Bonchev–Trinajstić information content (AvgIpc) is 3.38. The highest BCUT2D eigenvalue weighted by atomic mass is 15.2. The number of fused-ring (bicyclic) bond motifs is 7. The van der Waals surface area contributed by atoms with Gasteiger partial charge in [0.15, 0.2) is 0 Å². The fraction of sp³-hybridized carbons (Fsp3) is 0.0667. The van der Waals surface area contributed by atoms with Crippen molar-refractivity contribution in [1.82, 2.24) is 4.57 Å². The molecule has 0 amide bonds. The summed E-state index contributed by atoms with van der Waals surface area (Å²) in [5.41, 5.74) is 9.16. The van der Waals surface area contributed by atoms with Crippen molar-refractivity contribution in [3.05, 3.63) is 132 Å². The maximum absolute atomic E-state index is 2.51. The molecule has 1 aliphatic heterocycles. The van der Waals surface area contributed by atoms with Crippen LogP contribution in [0.25, 0.3) is 22.7 Å². The highest BCUT2D eigenvalue weighted by molar-refractivity contribution is 5.94. The molecule has 0 saturated heterocycles. The zero-order chi connectivity index (χ0) is 21.1. The molecule has 2 heterocycles. The lowest BCUT2D eigenvalue weighted by molar-refractivity contribution is 0.725. The van der Waals surface area contributed by atoms with Crippen molar-refractivity contribution in [2.45, 2.75) is 12.0 Å². The normalized spacial score (nSPS) is 18.4. The molecule has 0 fully saturated rings. The van der Waals surface area contributed by atoms with Gasteiger partial charge in [-0.25, -0.2) is 0 Å². The first-order valence-corrected chi connectivity index (χ1v) is 11.2. The molecule has 0 saturated carbocycles. The molecule has 0 N–H and O–H groups in total. The van der Waals surface area contributed by atoms with Crippen molar-refractivity contribution < 1.29 is 0 Å². The van der Waals surface area contributed by atoms with Gasteiger partial charge in [0.25, 0.3) is 0 Å². The van der Waals surface area contributed by atoms with Crippen LogP contribution in [0.4, 0.5) is 11.4 Å². The first kappa shape index (κ1) is 17.6. The minimum Gasteiger partial charge on any atom is -0.333 e. The van der Waals surface area contributed by atoms with Crippen molar-refractivity contribution in [2.75, 3.05) is 4.90 Å². The Labute approximate surface area is 187 Å². The van der Waals surface area contributed by atoms with E-state index in [-0.39, 0.29) is 6.04 Å². The van der Waals surface area contributed by atoms with Crippen LogP contribution < -0.4 is 4.90 Å². The highest BCUT2D eigenvalue weighted by Gasteiger charge is 2.43. The minimum atomic E-state index is 0.261. The predicted octanol–water partition coefficient (Wildman–Crippen LogP) is 7.31. The Morgan fingerprint density at radius 3 is 2.06 bits per heavy atom. The Balaban J connectivity index is 1.53. The van der Waals surface area contributed by atoms with E-state index in [2.05, 4.69) is 131 Å². The third-order valence-electron chi connectivity index (χ3n) is 6.93. The second-order valence-corrected chi connectivity index (χ2v) is 8.58. The van der Waals surface area contributed by atoms with Gasteiger partial charge in [-0.05, 0) is 53.6 Å². The fourth-order valence-electron chi connectivity index (χ4n) is 5.71. The van der Waals surface area contributed by atoms with Crippen LogP contribution in [0.3, 0.4) is 0 Å². The Kier molecular flexibility index (Phi) is 3.71. The molecule has 5 aromatic rings. The highest BCUT2D eigenvalue weighted by Crippen LogP contribution is 2.53. The molecule has 2 nitrogen and oxygen atoms in total. The van der Waals surface area contributed by atoms with E-state index in [1.54, 1.807) is 0 Å². The zero-order valence-corrected chi connectivity index (χ0v) is 17.6. The lowest BCUT2D eigenvalue weighted by atomic mass is 9.82. The molecule has 2 atom stereocenters. The number of rotatable bonds is 2. The SMILES string of the molecule is C1=CC2C(c3ccccc3N2c2ccccc2)c2c1n(-c1ccccc1)c1ccccc21. The summed E-state index contributed by atoms with van der Waals surface area (Å²) in [6.07, 6.45) is 4.74. The third kappa shape index (κ3) is 2.35. The van der Waals surface area contributed by atoms with E-state index < -0.39 is 0 Å². The number of aromatic nitrogens is 1. The maximum Gasteiger partial charge on any atom is 0.0637 e. The molecule has 2 heteroatoms. The van der Waals surface area contributed by atoms with E-state index in [1.165, 1.54) is 44.8 Å². The number of hydrogen-bond donors (Lipinski definition) is 0. The third-order valence-corrected chi connectivity index (χ3v) is 6.93. The van der Waals surface area contributed by atoms with Crippen LogP contribution in [0.5, 0.6) is 0 Å². The number of para-hydroxylation sites is 4. The topological polar surface area (TPSA) is 8.17 Å². The molecule has 1 aromatic heterocycles. The number of anilines is 2. The van der Waals surface area contributed by atoms with Gasteiger partial charge in [0.2, 0.25) is 0 Å². The van der Waals surface area contributed by atoms with E-state index in [0.29, 0.717) is 5.92 Å². The summed E-state index contributed by atoms with van der Waals surface area (Å²) in [5, 5.41) is 1.34. The molecule has 7 rings (SSSR count). The molecular weight excluding hydrogens is 388 g/mol. The van der Waals surface area contributed by atoms with Crippen LogP contribution in [0.1, 0.15) is 22.7 Å². The van der Waals surface area contributed by atoms with Crippen LogP contribution in [-0.2, 0) is 0 Å². The van der Waals surface area contributed by atoms with E-state index in [9.17, 15) is 0 Å². The summed E-state index contributed by atoms with van der Waals surface area (Å²) in [5.74, 6) is 0.293. The van der Waals surface area contributed by atoms with Crippen molar-refractivity contribution in [3.8, 4) is 5.69 Å². The smallest absolute Gasteiger partial charge is 0.0637 e. The minimum absolute atomic E-state index is 0.261. The molecular formula is C30H22N2. The Morgan fingerprint density at radius 1 is 0.594 bits per heavy atom. The monoisotopic (exact) mass is 410 g/mol. The standard InChI is InChI=1S/C30H22N2/c1-3-11-21(12-4-1)31-25-17-9-7-15-23(25)29-27(31)19-20-28-30(29)24-16-8-10-18-26(24)32(28)22-13-5-2-6-14-22/h1-20,27,29H. The second kappa shape index (κ2) is 6.73. The molecule has 2 unspecified atom stereocenters. The van der Waals surface area contributed by atoms with Gasteiger partial charge in [-0.1, -0.05) is 78.9 Å². The van der Waals surface area contributed by atoms with Crippen LogP contribution in [-0.4, -0.2) is 10.6 Å². The van der Waals surface area contributed by atoms with Crippen molar-refractivity contribution >= 4 is 28.4 Å². The first-order chi connectivity index (χ1) is 15.9. The lowest BCUT2D eigenvalue weighted by Gasteiger charge is -2.31. The average molecular weight is 411 g/mol. The summed E-state index contributed by atoms with van der Waals surface area (Å²) in [6, 6.07) is 39.5. The van der Waals surface area contributed by atoms with Gasteiger partial charge in [0.1, 0.15) is 0 Å². The van der Waals surface area contributed by atoms with E-state index in [4.69, 9.17) is 0 Å². The Hall–Kier alpha value is -4.04. The Morgan fingerprint density at radius 2 is 1.25 bits per heavy atom. The quantitative estimate of drug-likeness (QED) is 0.296. The number of nitrogens with zero attached hydrogens (tertiary/aromatic N) is 2. The van der Waals surface area contributed by atoms with Crippen molar-refractivity contribution in [1.29, 1.82) is 0 Å². The van der Waals surface area contributed by atoms with E-state index in [0.717, 1.165) is 0 Å². The predicted molar refractivity (Wildman–Crippen MR) is 133 cm³/mol. The zero-order valence-electron chi connectivity index (χ0n) is 17.6. The molecule has 2 aliphatic rings. The summed E-state index contributed by atoms with van der Waals surface area (Å²) < 4.78 is 2.42. The van der Waals surface area contributed by atoms with E-state index >= 15 is 0 Å². The van der Waals surface area contributed by atoms with Crippen molar-refractivity contribution in [3.63, 3.8) is 0 Å². The lowest BCUT2D eigenvalue weighted by Crippen LogP contribution is -2.30. The Bertz CT molecular complexity index is 1480. The maximum atomic E-state index is 2.51. The first-order valence-electron chi connectivity index (χ1n) is 11.2. The van der Waals surface area contributed by atoms with Gasteiger partial charge < -0.3 is 9.47 Å². The van der Waals surface area contributed by atoms with Gasteiger partial charge in [-0.3, -0.25) is 0 Å². The van der Waals surface area contributed by atoms with Crippen LogP contribution in [0, 0.1) is 0 Å². The summed E-state index contributed by atoms with van der Waals surface area (Å²) in [4.78, 5) is 2.51. The molecule has 32 heavy (non-hydrogen) atoms. The summed E-state index contributed by atoms with van der Waals surface area (Å²) in [6.45, 7) is 0. The molecule has 0 bridgehead atoms. The number of hydrogen-bond acceptors (Lipinski definition) is 1. The summed E-state index contributed by atoms with van der Waals surface area (Å²) in [7, 11) is 0. The second-order valence-electron chi connectivity index (χ2n) is 8.58. The number of benzene rings is 4. The van der Waals surface area contributed by atoms with Gasteiger partial charge in [-0.2, -0.15) is 0 Å². The molecule has 1 aliphatic carbocycles. The van der Waals surface area contributed by atoms with Gasteiger partial charge in [-0.15, -0.1) is 0 Å². The van der Waals surface area contributed by atoms with Crippen LogP contribution in [0.2, 0.25) is 0 Å². The molecule has 0 spiro atoms. The van der Waals surface area contributed by atoms with Crippen LogP contribution in [0.15, 0.2) is 115 Å². The molecule has 0 radical (unpaired) electrons. The van der Waals surface area contributed by atoms with E-state index in [1.807, 2.05) is 0 Å². The largest absolute Gasteiger partial charge is 0.333 e. The molecule has 152 valence electrons. The van der Waals surface area contributed by atoms with Crippen LogP contribution >= 0.6 is 0 Å². The molecule has 4 aromatic carbocycles. The van der Waals surface area contributed by atoms with Crippen molar-refractivity contribution in [2.24, 2.45) is 0 Å². The van der Waals surface area contributed by atoms with Gasteiger partial charge in [0, 0.05) is 28.4 Å².